The van der Waals surface area contributed by atoms with Crippen LogP contribution in [0, 0.1) is 12.8 Å². The summed E-state index contributed by atoms with van der Waals surface area (Å²) in [4.78, 5) is 0. The predicted molar refractivity (Wildman–Crippen MR) is 83.1 cm³/mol. The summed E-state index contributed by atoms with van der Waals surface area (Å²) in [5, 5.41) is 3.59. The van der Waals surface area contributed by atoms with E-state index in [1.807, 2.05) is 0 Å². The minimum absolute atomic E-state index is 0.183. The molecule has 0 fully saturated rings. The molecule has 1 aromatic rings. The van der Waals surface area contributed by atoms with Gasteiger partial charge in [-0.3, -0.25) is 0 Å². The second kappa shape index (κ2) is 6.42. The Labute approximate surface area is 118 Å². The van der Waals surface area contributed by atoms with Crippen molar-refractivity contribution in [2.24, 2.45) is 5.92 Å². The van der Waals surface area contributed by atoms with Crippen molar-refractivity contribution in [2.75, 3.05) is 13.7 Å². The van der Waals surface area contributed by atoms with Crippen molar-refractivity contribution in [3.8, 4) is 5.75 Å². The van der Waals surface area contributed by atoms with Gasteiger partial charge < -0.3 is 10.1 Å². The number of methoxy groups -OCH3 is 1. The fraction of sp³-hybridized carbons (Fsp3) is 0.647. The first kappa shape index (κ1) is 16.0. The normalized spacial score (nSPS) is 15.1. The van der Waals surface area contributed by atoms with Crippen LogP contribution in [0.15, 0.2) is 18.2 Å². The van der Waals surface area contributed by atoms with Crippen LogP contribution in [0.2, 0.25) is 0 Å². The minimum Gasteiger partial charge on any atom is -0.497 e. The van der Waals surface area contributed by atoms with Crippen LogP contribution in [0.5, 0.6) is 5.75 Å². The molecular weight excluding hydrogens is 234 g/mol. The number of aryl methyl sites for hydroxylation is 1. The number of hydrogen-bond donors (Lipinski definition) is 1. The Balaban J connectivity index is 2.74. The van der Waals surface area contributed by atoms with Crippen molar-refractivity contribution in [1.29, 1.82) is 0 Å². The van der Waals surface area contributed by atoms with Crippen LogP contribution in [0.25, 0.3) is 0 Å². The van der Waals surface area contributed by atoms with Crippen LogP contribution in [-0.4, -0.2) is 19.2 Å². The first-order valence-electron chi connectivity index (χ1n) is 7.14. The molecule has 0 aromatic heterocycles. The Morgan fingerprint density at radius 2 is 1.84 bits per heavy atom. The van der Waals surface area contributed by atoms with E-state index in [-0.39, 0.29) is 5.54 Å². The SMILES string of the molecule is COc1ccc(C(C)C(C)CNC(C)(C)C)c(C)c1. The highest BCUT2D eigenvalue weighted by Crippen LogP contribution is 2.29. The molecule has 2 unspecified atom stereocenters. The van der Waals surface area contributed by atoms with E-state index in [4.69, 9.17) is 4.74 Å². The molecule has 2 heteroatoms. The van der Waals surface area contributed by atoms with E-state index in [1.54, 1.807) is 7.11 Å². The van der Waals surface area contributed by atoms with Crippen LogP contribution in [0.1, 0.15) is 51.7 Å². The van der Waals surface area contributed by atoms with E-state index < -0.39 is 0 Å². The number of benzene rings is 1. The van der Waals surface area contributed by atoms with Gasteiger partial charge in [0.25, 0.3) is 0 Å². The van der Waals surface area contributed by atoms with E-state index in [2.05, 4.69) is 65.1 Å². The molecule has 1 aromatic carbocycles. The molecule has 2 nitrogen and oxygen atoms in total. The van der Waals surface area contributed by atoms with Gasteiger partial charge in [0.1, 0.15) is 5.75 Å². The maximum absolute atomic E-state index is 5.27. The van der Waals surface area contributed by atoms with Crippen molar-refractivity contribution in [2.45, 2.75) is 53.0 Å². The third-order valence-electron chi connectivity index (χ3n) is 3.78. The lowest BCUT2D eigenvalue weighted by Gasteiger charge is -2.27. The highest BCUT2D eigenvalue weighted by atomic mass is 16.5. The lowest BCUT2D eigenvalue weighted by Crippen LogP contribution is -2.39. The molecule has 0 aliphatic carbocycles. The van der Waals surface area contributed by atoms with Gasteiger partial charge in [-0.2, -0.15) is 0 Å². The second-order valence-electron chi connectivity index (χ2n) is 6.62. The van der Waals surface area contributed by atoms with E-state index in [1.165, 1.54) is 11.1 Å². The van der Waals surface area contributed by atoms with Gasteiger partial charge in [-0.1, -0.05) is 19.9 Å². The van der Waals surface area contributed by atoms with Crippen molar-refractivity contribution in [1.82, 2.24) is 5.32 Å². The highest BCUT2D eigenvalue weighted by molar-refractivity contribution is 5.36. The van der Waals surface area contributed by atoms with Gasteiger partial charge in [0.15, 0.2) is 0 Å². The highest BCUT2D eigenvalue weighted by Gasteiger charge is 2.18. The molecule has 19 heavy (non-hydrogen) atoms. The molecule has 0 aliphatic rings. The quantitative estimate of drug-likeness (QED) is 0.862. The van der Waals surface area contributed by atoms with Crippen LogP contribution >= 0.6 is 0 Å². The fourth-order valence-corrected chi connectivity index (χ4v) is 2.24. The summed E-state index contributed by atoms with van der Waals surface area (Å²) >= 11 is 0. The van der Waals surface area contributed by atoms with E-state index in [9.17, 15) is 0 Å². The van der Waals surface area contributed by atoms with Gasteiger partial charge in [-0.25, -0.2) is 0 Å². The van der Waals surface area contributed by atoms with E-state index in [0.717, 1.165) is 12.3 Å². The zero-order valence-electron chi connectivity index (χ0n) is 13.5. The Kier molecular flexibility index (Phi) is 5.42. The summed E-state index contributed by atoms with van der Waals surface area (Å²) in [5.41, 5.74) is 2.92. The zero-order chi connectivity index (χ0) is 14.6. The molecule has 1 rings (SSSR count). The maximum Gasteiger partial charge on any atom is 0.119 e. The minimum atomic E-state index is 0.183. The Hall–Kier alpha value is -1.02. The smallest absolute Gasteiger partial charge is 0.119 e. The van der Waals surface area contributed by atoms with Gasteiger partial charge in [0.2, 0.25) is 0 Å². The van der Waals surface area contributed by atoms with Crippen molar-refractivity contribution < 1.29 is 4.74 Å². The molecule has 0 amide bonds. The van der Waals surface area contributed by atoms with Crippen LogP contribution < -0.4 is 10.1 Å². The fourth-order valence-electron chi connectivity index (χ4n) is 2.24. The molecule has 0 heterocycles. The topological polar surface area (TPSA) is 21.3 Å². The van der Waals surface area contributed by atoms with Gasteiger partial charge in [0, 0.05) is 5.54 Å². The number of hydrogen-bond acceptors (Lipinski definition) is 2. The summed E-state index contributed by atoms with van der Waals surface area (Å²) in [5.74, 6) is 2.08. The van der Waals surface area contributed by atoms with E-state index >= 15 is 0 Å². The summed E-state index contributed by atoms with van der Waals surface area (Å²) in [6.07, 6.45) is 0. The summed E-state index contributed by atoms with van der Waals surface area (Å²) in [6.45, 7) is 14.5. The maximum atomic E-state index is 5.27. The average Bonchev–Trinajstić information content (AvgIpc) is 2.34. The monoisotopic (exact) mass is 263 g/mol. The zero-order valence-corrected chi connectivity index (χ0v) is 13.5. The van der Waals surface area contributed by atoms with Crippen LogP contribution in [0.4, 0.5) is 0 Å². The van der Waals surface area contributed by atoms with Crippen molar-refractivity contribution >= 4 is 0 Å². The summed E-state index contributed by atoms with van der Waals surface area (Å²) in [7, 11) is 1.72. The number of ether oxygens (including phenoxy) is 1. The van der Waals surface area contributed by atoms with Gasteiger partial charge >= 0.3 is 0 Å². The lowest BCUT2D eigenvalue weighted by atomic mass is 9.86. The van der Waals surface area contributed by atoms with Gasteiger partial charge in [-0.15, -0.1) is 0 Å². The van der Waals surface area contributed by atoms with Crippen molar-refractivity contribution in [3.63, 3.8) is 0 Å². The number of nitrogens with one attached hydrogen (secondary N) is 1. The largest absolute Gasteiger partial charge is 0.497 e. The molecule has 2 atom stereocenters. The second-order valence-corrected chi connectivity index (χ2v) is 6.62. The molecule has 0 spiro atoms. The van der Waals surface area contributed by atoms with E-state index in [0.29, 0.717) is 11.8 Å². The lowest BCUT2D eigenvalue weighted by molar-refractivity contribution is 0.358. The van der Waals surface area contributed by atoms with Gasteiger partial charge in [0.05, 0.1) is 7.11 Å². The Morgan fingerprint density at radius 1 is 1.21 bits per heavy atom. The summed E-state index contributed by atoms with van der Waals surface area (Å²) in [6, 6.07) is 6.38. The molecule has 0 saturated carbocycles. The molecule has 0 aliphatic heterocycles. The predicted octanol–water partition coefficient (Wildman–Crippen LogP) is 4.13. The average molecular weight is 263 g/mol. The summed E-state index contributed by atoms with van der Waals surface area (Å²) < 4.78 is 5.27. The Morgan fingerprint density at radius 3 is 2.32 bits per heavy atom. The number of rotatable bonds is 5. The van der Waals surface area contributed by atoms with Crippen LogP contribution in [-0.2, 0) is 0 Å². The first-order chi connectivity index (χ1) is 8.74. The molecule has 0 saturated heterocycles. The molecule has 0 radical (unpaired) electrons. The van der Waals surface area contributed by atoms with Gasteiger partial charge in [-0.05, 0) is 69.3 Å². The first-order valence-corrected chi connectivity index (χ1v) is 7.14. The standard InChI is InChI=1S/C17H29NO/c1-12-10-15(19-7)8-9-16(12)14(3)13(2)11-18-17(4,5)6/h8-10,13-14,18H,11H2,1-7H3. The molecule has 108 valence electrons. The third kappa shape index (κ3) is 4.87. The van der Waals surface area contributed by atoms with Crippen LogP contribution in [0.3, 0.4) is 0 Å². The third-order valence-corrected chi connectivity index (χ3v) is 3.78. The van der Waals surface area contributed by atoms with Crippen molar-refractivity contribution in [3.05, 3.63) is 29.3 Å². The Bertz CT molecular complexity index is 406. The molecule has 0 bridgehead atoms. The molecular formula is C17H29NO. The molecule has 1 N–H and O–H groups in total.